The van der Waals surface area contributed by atoms with Gasteiger partial charge in [-0.25, -0.2) is 0 Å². The van der Waals surface area contributed by atoms with Crippen LogP contribution in [0.2, 0.25) is 0 Å². The first-order valence-corrected chi connectivity index (χ1v) is 5.98. The number of hydrogen-bond acceptors (Lipinski definition) is 3. The Hall–Kier alpha value is -1.38. The van der Waals surface area contributed by atoms with Crippen molar-refractivity contribution in [1.29, 1.82) is 0 Å². The van der Waals surface area contributed by atoms with E-state index < -0.39 is 0 Å². The number of nitrogens with zero attached hydrogens (tertiary/aromatic N) is 1. The first kappa shape index (κ1) is 11.1. The number of ether oxygens (including phenoxy) is 1. The van der Waals surface area contributed by atoms with Crippen molar-refractivity contribution in [3.05, 3.63) is 18.2 Å². The van der Waals surface area contributed by atoms with Crippen LogP contribution in [0.5, 0.6) is 5.75 Å². The molecule has 0 spiro atoms. The van der Waals surface area contributed by atoms with E-state index in [4.69, 9.17) is 10.5 Å². The summed E-state index contributed by atoms with van der Waals surface area (Å²) in [7, 11) is 0. The van der Waals surface area contributed by atoms with Gasteiger partial charge in [0.25, 0.3) is 0 Å². The van der Waals surface area contributed by atoms with E-state index in [9.17, 15) is 0 Å². The molecule has 0 bridgehead atoms. The van der Waals surface area contributed by atoms with Crippen LogP contribution in [0.1, 0.15) is 20.3 Å². The third-order valence-electron chi connectivity index (χ3n) is 3.09. The van der Waals surface area contributed by atoms with Gasteiger partial charge in [-0.3, -0.25) is 0 Å². The Balaban J connectivity index is 2.18. The van der Waals surface area contributed by atoms with Crippen LogP contribution in [0.3, 0.4) is 0 Å². The van der Waals surface area contributed by atoms with Gasteiger partial charge < -0.3 is 15.4 Å². The van der Waals surface area contributed by atoms with Gasteiger partial charge in [0.15, 0.2) is 0 Å². The maximum absolute atomic E-state index is 5.86. The van der Waals surface area contributed by atoms with Gasteiger partial charge in [-0.2, -0.15) is 0 Å². The summed E-state index contributed by atoms with van der Waals surface area (Å²) in [6.45, 7) is 7.20. The van der Waals surface area contributed by atoms with Crippen molar-refractivity contribution in [2.24, 2.45) is 5.92 Å². The topological polar surface area (TPSA) is 38.5 Å². The highest BCUT2D eigenvalue weighted by Gasteiger charge is 2.19. The fourth-order valence-corrected chi connectivity index (χ4v) is 2.17. The molecule has 0 aromatic heterocycles. The molecule has 0 radical (unpaired) electrons. The lowest BCUT2D eigenvalue weighted by atomic mass is 10.2. The zero-order chi connectivity index (χ0) is 11.5. The number of anilines is 2. The van der Waals surface area contributed by atoms with Crippen molar-refractivity contribution >= 4 is 11.4 Å². The predicted molar refractivity (Wildman–Crippen MR) is 68.0 cm³/mol. The second kappa shape index (κ2) is 4.64. The third-order valence-corrected chi connectivity index (χ3v) is 3.09. The van der Waals surface area contributed by atoms with E-state index in [1.54, 1.807) is 0 Å². The van der Waals surface area contributed by atoms with Gasteiger partial charge in [0.2, 0.25) is 0 Å². The Morgan fingerprint density at radius 1 is 1.50 bits per heavy atom. The fraction of sp³-hybridized carbons (Fsp3) is 0.538. The molecule has 88 valence electrons. The Morgan fingerprint density at radius 3 is 2.94 bits per heavy atom. The monoisotopic (exact) mass is 220 g/mol. The predicted octanol–water partition coefficient (Wildman–Crippen LogP) is 2.51. The summed E-state index contributed by atoms with van der Waals surface area (Å²) in [5.41, 5.74) is 7.80. The Labute approximate surface area is 97.2 Å². The molecule has 1 aliphatic heterocycles. The van der Waals surface area contributed by atoms with E-state index in [1.165, 1.54) is 12.1 Å². The average Bonchev–Trinajstić information content (AvgIpc) is 2.69. The second-order valence-electron chi connectivity index (χ2n) is 4.50. The minimum absolute atomic E-state index is 0.657. The van der Waals surface area contributed by atoms with Gasteiger partial charge in [-0.1, -0.05) is 6.92 Å². The van der Waals surface area contributed by atoms with E-state index in [0.29, 0.717) is 6.61 Å². The van der Waals surface area contributed by atoms with Crippen LogP contribution < -0.4 is 15.4 Å². The molecule has 2 rings (SSSR count). The quantitative estimate of drug-likeness (QED) is 0.795. The summed E-state index contributed by atoms with van der Waals surface area (Å²) in [4.78, 5) is 2.40. The van der Waals surface area contributed by atoms with Crippen molar-refractivity contribution in [2.75, 3.05) is 30.3 Å². The molecule has 16 heavy (non-hydrogen) atoms. The lowest BCUT2D eigenvalue weighted by Gasteiger charge is -2.19. The average molecular weight is 220 g/mol. The van der Waals surface area contributed by atoms with Crippen LogP contribution in [0.15, 0.2) is 18.2 Å². The molecule has 0 unspecified atom stereocenters. The number of hydrogen-bond donors (Lipinski definition) is 1. The summed E-state index contributed by atoms with van der Waals surface area (Å²) in [6, 6.07) is 6.07. The SMILES string of the molecule is CCOc1cc(N2CC[C@H](C)C2)ccc1N. The van der Waals surface area contributed by atoms with E-state index in [-0.39, 0.29) is 0 Å². The highest BCUT2D eigenvalue weighted by molar-refractivity contribution is 5.62. The molecule has 1 saturated heterocycles. The smallest absolute Gasteiger partial charge is 0.144 e. The van der Waals surface area contributed by atoms with Crippen LogP contribution in [0, 0.1) is 5.92 Å². The molecular weight excluding hydrogens is 200 g/mol. The summed E-state index contributed by atoms with van der Waals surface area (Å²) in [6.07, 6.45) is 1.27. The molecule has 1 fully saturated rings. The van der Waals surface area contributed by atoms with Crippen molar-refractivity contribution in [2.45, 2.75) is 20.3 Å². The zero-order valence-corrected chi connectivity index (χ0v) is 10.1. The van der Waals surface area contributed by atoms with Crippen molar-refractivity contribution in [1.82, 2.24) is 0 Å². The fourth-order valence-electron chi connectivity index (χ4n) is 2.17. The molecule has 1 heterocycles. The van der Waals surface area contributed by atoms with Crippen molar-refractivity contribution in [3.63, 3.8) is 0 Å². The molecule has 2 N–H and O–H groups in total. The summed E-state index contributed by atoms with van der Waals surface area (Å²) < 4.78 is 5.51. The minimum Gasteiger partial charge on any atom is -0.492 e. The molecule has 1 aliphatic rings. The molecule has 0 aliphatic carbocycles. The van der Waals surface area contributed by atoms with Gasteiger partial charge in [0.1, 0.15) is 5.75 Å². The molecule has 1 aromatic rings. The van der Waals surface area contributed by atoms with E-state index in [0.717, 1.165) is 30.4 Å². The van der Waals surface area contributed by atoms with Gasteiger partial charge in [-0.05, 0) is 31.4 Å². The van der Waals surface area contributed by atoms with Gasteiger partial charge in [0, 0.05) is 24.8 Å². The van der Waals surface area contributed by atoms with Gasteiger partial charge in [-0.15, -0.1) is 0 Å². The molecular formula is C13H20N2O. The standard InChI is InChI=1S/C13H20N2O/c1-3-16-13-8-11(4-5-12(13)14)15-7-6-10(2)9-15/h4-5,8,10H,3,6-7,9,14H2,1-2H3/t10-/m0/s1. The highest BCUT2D eigenvalue weighted by atomic mass is 16.5. The maximum atomic E-state index is 5.86. The number of nitrogen functional groups attached to an aromatic ring is 1. The van der Waals surface area contributed by atoms with Crippen molar-refractivity contribution in [3.8, 4) is 5.75 Å². The van der Waals surface area contributed by atoms with Crippen molar-refractivity contribution < 1.29 is 4.74 Å². The van der Waals surface area contributed by atoms with Gasteiger partial charge >= 0.3 is 0 Å². The van der Waals surface area contributed by atoms with Crippen LogP contribution in [-0.2, 0) is 0 Å². The maximum Gasteiger partial charge on any atom is 0.144 e. The Bertz CT molecular complexity index is 365. The zero-order valence-electron chi connectivity index (χ0n) is 10.1. The highest BCUT2D eigenvalue weighted by Crippen LogP contribution is 2.30. The van der Waals surface area contributed by atoms with Crippen LogP contribution in [-0.4, -0.2) is 19.7 Å². The lowest BCUT2D eigenvalue weighted by Crippen LogP contribution is -2.19. The largest absolute Gasteiger partial charge is 0.492 e. The Morgan fingerprint density at radius 2 is 2.31 bits per heavy atom. The third kappa shape index (κ3) is 2.23. The summed E-state index contributed by atoms with van der Waals surface area (Å²) >= 11 is 0. The summed E-state index contributed by atoms with van der Waals surface area (Å²) in [5.74, 6) is 1.59. The number of rotatable bonds is 3. The lowest BCUT2D eigenvalue weighted by molar-refractivity contribution is 0.342. The molecule has 0 saturated carbocycles. The molecule has 3 nitrogen and oxygen atoms in total. The molecule has 3 heteroatoms. The van der Waals surface area contributed by atoms with Crippen LogP contribution >= 0.6 is 0 Å². The van der Waals surface area contributed by atoms with Crippen LogP contribution in [0.25, 0.3) is 0 Å². The van der Waals surface area contributed by atoms with E-state index in [2.05, 4.69) is 24.0 Å². The first-order valence-electron chi connectivity index (χ1n) is 5.98. The minimum atomic E-state index is 0.657. The van der Waals surface area contributed by atoms with E-state index in [1.807, 2.05) is 13.0 Å². The number of nitrogens with two attached hydrogens (primary N) is 1. The van der Waals surface area contributed by atoms with Gasteiger partial charge in [0.05, 0.1) is 12.3 Å². The van der Waals surface area contributed by atoms with E-state index >= 15 is 0 Å². The number of benzene rings is 1. The summed E-state index contributed by atoms with van der Waals surface area (Å²) in [5, 5.41) is 0. The normalized spacial score (nSPS) is 20.1. The molecule has 0 amide bonds. The second-order valence-corrected chi connectivity index (χ2v) is 4.50. The molecule has 1 atom stereocenters. The first-order chi connectivity index (χ1) is 7.70. The Kier molecular flexibility index (Phi) is 3.22. The van der Waals surface area contributed by atoms with Crippen LogP contribution in [0.4, 0.5) is 11.4 Å². The molecule has 1 aromatic carbocycles.